The van der Waals surface area contributed by atoms with Gasteiger partial charge in [0.1, 0.15) is 5.00 Å². The minimum atomic E-state index is -0.215. The van der Waals surface area contributed by atoms with Crippen molar-refractivity contribution >= 4 is 28.7 Å². The summed E-state index contributed by atoms with van der Waals surface area (Å²) in [5, 5.41) is 6.35. The molecule has 110 valence electrons. The highest BCUT2D eigenvalue weighted by Crippen LogP contribution is 2.42. The Labute approximate surface area is 124 Å². The molecular weight excluding hydrogens is 272 g/mol. The maximum absolute atomic E-state index is 11.8. The quantitative estimate of drug-likeness (QED) is 0.638. The molecule has 2 rings (SSSR count). The standard InChI is InChI=1S/C15H22N2O2S/c1-3-4-8-16-15(19)17-14-11(9-18)13-10(2)6-5-7-12(13)20-14/h9-10H,3-8H2,1-2H3,(H2,16,17,19). The fraction of sp³-hybridized carbons (Fsp3) is 0.600. The second-order valence-electron chi connectivity index (χ2n) is 5.33. The van der Waals surface area contributed by atoms with E-state index in [0.29, 0.717) is 23.0 Å². The van der Waals surface area contributed by atoms with E-state index in [0.717, 1.165) is 44.0 Å². The normalized spacial score (nSPS) is 17.4. The van der Waals surface area contributed by atoms with Crippen LogP contribution in [0.2, 0.25) is 0 Å². The number of nitrogens with one attached hydrogen (secondary N) is 2. The second-order valence-corrected chi connectivity index (χ2v) is 6.43. The van der Waals surface area contributed by atoms with Crippen LogP contribution in [0.3, 0.4) is 0 Å². The number of fused-ring (bicyclic) bond motifs is 1. The number of hydrogen-bond donors (Lipinski definition) is 2. The molecule has 1 aliphatic carbocycles. The Morgan fingerprint density at radius 3 is 3.00 bits per heavy atom. The summed E-state index contributed by atoms with van der Waals surface area (Å²) < 4.78 is 0. The lowest BCUT2D eigenvalue weighted by Crippen LogP contribution is -2.29. The predicted molar refractivity (Wildman–Crippen MR) is 83.0 cm³/mol. The summed E-state index contributed by atoms with van der Waals surface area (Å²) in [6.07, 6.45) is 6.20. The van der Waals surface area contributed by atoms with Crippen molar-refractivity contribution in [2.45, 2.75) is 51.9 Å². The van der Waals surface area contributed by atoms with Gasteiger partial charge in [-0.05, 0) is 37.2 Å². The number of aldehydes is 1. The first-order valence-electron chi connectivity index (χ1n) is 7.33. The molecule has 0 spiro atoms. The molecule has 2 N–H and O–H groups in total. The van der Waals surface area contributed by atoms with Gasteiger partial charge in [0.15, 0.2) is 6.29 Å². The monoisotopic (exact) mass is 294 g/mol. The van der Waals surface area contributed by atoms with Gasteiger partial charge in [-0.1, -0.05) is 20.3 Å². The Bertz CT molecular complexity index is 496. The van der Waals surface area contributed by atoms with Crippen LogP contribution in [0.1, 0.15) is 66.2 Å². The fourth-order valence-electron chi connectivity index (χ4n) is 2.68. The molecule has 0 fully saturated rings. The molecule has 0 aromatic carbocycles. The molecular formula is C15H22N2O2S. The van der Waals surface area contributed by atoms with Gasteiger partial charge in [0, 0.05) is 11.4 Å². The third kappa shape index (κ3) is 3.20. The van der Waals surface area contributed by atoms with Crippen molar-refractivity contribution in [2.75, 3.05) is 11.9 Å². The first kappa shape index (κ1) is 15.0. The van der Waals surface area contributed by atoms with Crippen LogP contribution in [0.25, 0.3) is 0 Å². The van der Waals surface area contributed by atoms with Crippen molar-refractivity contribution in [3.05, 3.63) is 16.0 Å². The molecule has 0 saturated carbocycles. The van der Waals surface area contributed by atoms with E-state index in [9.17, 15) is 9.59 Å². The average molecular weight is 294 g/mol. The van der Waals surface area contributed by atoms with Crippen molar-refractivity contribution in [3.63, 3.8) is 0 Å². The van der Waals surface area contributed by atoms with Gasteiger partial charge in [-0.2, -0.15) is 0 Å². The number of hydrogen-bond acceptors (Lipinski definition) is 3. The molecule has 0 aliphatic heterocycles. The highest BCUT2D eigenvalue weighted by Gasteiger charge is 2.25. The van der Waals surface area contributed by atoms with E-state index >= 15 is 0 Å². The molecule has 20 heavy (non-hydrogen) atoms. The topological polar surface area (TPSA) is 58.2 Å². The minimum Gasteiger partial charge on any atom is -0.338 e. The van der Waals surface area contributed by atoms with E-state index in [-0.39, 0.29) is 6.03 Å². The predicted octanol–water partition coefficient (Wildman–Crippen LogP) is 3.92. The number of carbonyl (C=O) groups is 2. The number of aryl methyl sites for hydroxylation is 1. The maximum Gasteiger partial charge on any atom is 0.319 e. The number of carbonyl (C=O) groups excluding carboxylic acids is 2. The second kappa shape index (κ2) is 6.88. The molecule has 0 saturated heterocycles. The largest absolute Gasteiger partial charge is 0.338 e. The van der Waals surface area contributed by atoms with Crippen LogP contribution in [0.15, 0.2) is 0 Å². The van der Waals surface area contributed by atoms with Crippen molar-refractivity contribution in [1.82, 2.24) is 5.32 Å². The van der Waals surface area contributed by atoms with Gasteiger partial charge in [-0.15, -0.1) is 11.3 Å². The van der Waals surface area contributed by atoms with Crippen LogP contribution in [0, 0.1) is 0 Å². The van der Waals surface area contributed by atoms with Gasteiger partial charge in [0.05, 0.1) is 5.56 Å². The molecule has 2 amide bonds. The molecule has 1 aliphatic rings. The lowest BCUT2D eigenvalue weighted by atomic mass is 9.87. The maximum atomic E-state index is 11.8. The van der Waals surface area contributed by atoms with E-state index in [1.807, 2.05) is 0 Å². The highest BCUT2D eigenvalue weighted by atomic mass is 32.1. The summed E-state index contributed by atoms with van der Waals surface area (Å²) in [5.74, 6) is 0.411. The van der Waals surface area contributed by atoms with Crippen molar-refractivity contribution in [3.8, 4) is 0 Å². The zero-order valence-corrected chi connectivity index (χ0v) is 12.9. The molecule has 0 radical (unpaired) electrons. The number of anilines is 1. The van der Waals surface area contributed by atoms with E-state index in [4.69, 9.17) is 0 Å². The Morgan fingerprint density at radius 2 is 2.30 bits per heavy atom. The average Bonchev–Trinajstić information content (AvgIpc) is 2.77. The zero-order chi connectivity index (χ0) is 14.5. The molecule has 1 aromatic rings. The number of rotatable bonds is 5. The Morgan fingerprint density at radius 1 is 1.50 bits per heavy atom. The smallest absolute Gasteiger partial charge is 0.319 e. The molecule has 5 heteroatoms. The van der Waals surface area contributed by atoms with Crippen LogP contribution < -0.4 is 10.6 Å². The minimum absolute atomic E-state index is 0.215. The van der Waals surface area contributed by atoms with E-state index in [1.54, 1.807) is 11.3 Å². The first-order chi connectivity index (χ1) is 9.67. The summed E-state index contributed by atoms with van der Waals surface area (Å²) in [5.41, 5.74) is 1.84. The third-order valence-electron chi connectivity index (χ3n) is 3.76. The van der Waals surface area contributed by atoms with Crippen LogP contribution in [-0.4, -0.2) is 18.9 Å². The Balaban J connectivity index is 2.12. The van der Waals surface area contributed by atoms with Gasteiger partial charge >= 0.3 is 6.03 Å². The first-order valence-corrected chi connectivity index (χ1v) is 8.14. The summed E-state index contributed by atoms with van der Waals surface area (Å²) in [6.45, 7) is 4.90. The SMILES string of the molecule is CCCCNC(=O)Nc1sc2c(c1C=O)C(C)CCC2. The van der Waals surface area contributed by atoms with Gasteiger partial charge in [-0.3, -0.25) is 10.1 Å². The zero-order valence-electron chi connectivity index (χ0n) is 12.1. The number of thiophene rings is 1. The van der Waals surface area contributed by atoms with E-state index in [2.05, 4.69) is 24.5 Å². The lowest BCUT2D eigenvalue weighted by molar-refractivity contribution is 0.112. The van der Waals surface area contributed by atoms with Crippen molar-refractivity contribution in [1.29, 1.82) is 0 Å². The van der Waals surface area contributed by atoms with E-state index in [1.165, 1.54) is 4.88 Å². The molecule has 0 bridgehead atoms. The fourth-order valence-corrected chi connectivity index (χ4v) is 4.01. The molecule has 1 atom stereocenters. The van der Waals surface area contributed by atoms with Gasteiger partial charge < -0.3 is 5.32 Å². The van der Waals surface area contributed by atoms with E-state index < -0.39 is 0 Å². The van der Waals surface area contributed by atoms with Gasteiger partial charge in [0.2, 0.25) is 0 Å². The number of urea groups is 1. The molecule has 4 nitrogen and oxygen atoms in total. The summed E-state index contributed by atoms with van der Waals surface area (Å²) in [4.78, 5) is 24.5. The Hall–Kier alpha value is -1.36. The summed E-state index contributed by atoms with van der Waals surface area (Å²) in [6, 6.07) is -0.215. The molecule has 1 aromatic heterocycles. The van der Waals surface area contributed by atoms with Crippen molar-refractivity contribution in [2.24, 2.45) is 0 Å². The van der Waals surface area contributed by atoms with Crippen molar-refractivity contribution < 1.29 is 9.59 Å². The summed E-state index contributed by atoms with van der Waals surface area (Å²) in [7, 11) is 0. The van der Waals surface area contributed by atoms with Crippen LogP contribution in [0.5, 0.6) is 0 Å². The molecule has 1 unspecified atom stereocenters. The highest BCUT2D eigenvalue weighted by molar-refractivity contribution is 7.16. The van der Waals surface area contributed by atoms with Crippen LogP contribution in [-0.2, 0) is 6.42 Å². The summed E-state index contributed by atoms with van der Waals surface area (Å²) >= 11 is 1.55. The number of unbranched alkanes of at least 4 members (excludes halogenated alkanes) is 1. The Kier molecular flexibility index (Phi) is 5.17. The van der Waals surface area contributed by atoms with Gasteiger partial charge in [-0.25, -0.2) is 4.79 Å². The third-order valence-corrected chi connectivity index (χ3v) is 4.95. The van der Waals surface area contributed by atoms with Gasteiger partial charge in [0.25, 0.3) is 0 Å². The number of amides is 2. The molecule has 1 heterocycles. The van der Waals surface area contributed by atoms with Crippen LogP contribution >= 0.6 is 11.3 Å². The lowest BCUT2D eigenvalue weighted by Gasteiger charge is -2.18. The van der Waals surface area contributed by atoms with Crippen LogP contribution in [0.4, 0.5) is 9.80 Å².